The molecule has 0 amide bonds. The molecule has 0 radical (unpaired) electrons. The lowest BCUT2D eigenvalue weighted by atomic mass is 10.1. The molecular weight excluding hydrogens is 316 g/mol. The van der Waals surface area contributed by atoms with Crippen LogP contribution in [0.2, 0.25) is 0 Å². The van der Waals surface area contributed by atoms with Gasteiger partial charge in [-0.15, -0.1) is 0 Å². The van der Waals surface area contributed by atoms with E-state index in [9.17, 15) is 4.79 Å². The number of ether oxygens (including phenoxy) is 3. The summed E-state index contributed by atoms with van der Waals surface area (Å²) in [4.78, 5) is 10.7. The van der Waals surface area contributed by atoms with Gasteiger partial charge in [0.15, 0.2) is 6.61 Å². The van der Waals surface area contributed by atoms with Crippen LogP contribution in [0.3, 0.4) is 0 Å². The van der Waals surface area contributed by atoms with Crippen LogP contribution < -0.4 is 0 Å². The van der Waals surface area contributed by atoms with E-state index < -0.39 is 12.4 Å². The highest BCUT2D eigenvalue weighted by atomic mass is 16.8. The smallest absolute Gasteiger partial charge is 0.428 e. The molecule has 1 aliphatic heterocycles. The second-order valence-corrected chi connectivity index (χ2v) is 6.92. The van der Waals surface area contributed by atoms with Crippen LogP contribution >= 0.6 is 0 Å². The second kappa shape index (κ2) is 16.4. The maximum atomic E-state index is 10.7. The largest absolute Gasteiger partial charge is 0.510 e. The first-order valence-corrected chi connectivity index (χ1v) is 10.4. The number of unbranched alkanes of at least 4 members (excludes halogenated alkanes) is 12. The third kappa shape index (κ3) is 13.9. The number of cyclic esters (lactones) is 2. The molecule has 4 heteroatoms. The summed E-state index contributed by atoms with van der Waals surface area (Å²) in [5, 5.41) is 0. The minimum Gasteiger partial charge on any atom is -0.428 e. The van der Waals surface area contributed by atoms with Gasteiger partial charge in [-0.1, -0.05) is 76.9 Å². The molecule has 0 spiro atoms. The predicted octanol–water partition coefficient (Wildman–Crippen LogP) is 6.53. The molecule has 0 aromatic heterocycles. The zero-order valence-electron chi connectivity index (χ0n) is 16.2. The van der Waals surface area contributed by atoms with E-state index in [0.717, 1.165) is 6.42 Å². The van der Waals surface area contributed by atoms with E-state index in [1.54, 1.807) is 0 Å². The van der Waals surface area contributed by atoms with Crippen LogP contribution in [-0.4, -0.2) is 25.7 Å². The van der Waals surface area contributed by atoms with E-state index >= 15 is 0 Å². The Bertz CT molecular complexity index is 341. The van der Waals surface area contributed by atoms with Crippen molar-refractivity contribution in [3.8, 4) is 0 Å². The Hall–Kier alpha value is -1.03. The van der Waals surface area contributed by atoms with Crippen molar-refractivity contribution in [2.75, 3.05) is 13.2 Å². The molecule has 0 bridgehead atoms. The van der Waals surface area contributed by atoms with Crippen molar-refractivity contribution in [1.29, 1.82) is 0 Å². The molecule has 0 N–H and O–H groups in total. The summed E-state index contributed by atoms with van der Waals surface area (Å²) in [5.74, 6) is 0. The Morgan fingerprint density at radius 3 is 2.00 bits per heavy atom. The molecular formula is C21H38O4. The molecule has 1 atom stereocenters. The number of rotatable bonds is 17. The van der Waals surface area contributed by atoms with E-state index in [2.05, 4.69) is 23.8 Å². The van der Waals surface area contributed by atoms with E-state index in [1.165, 1.54) is 83.5 Å². The molecule has 0 aromatic carbocycles. The van der Waals surface area contributed by atoms with Crippen molar-refractivity contribution in [2.45, 2.75) is 103 Å². The standard InChI is InChI=1S/C21H38O4/c1-2-3-4-5-6-7-8-9-10-11-12-13-14-15-16-17-18-23-20-19-24-21(22)25-20/h9-10,20H,2-8,11-19H2,1H3/b10-9+. The van der Waals surface area contributed by atoms with Crippen molar-refractivity contribution in [2.24, 2.45) is 0 Å². The first-order chi connectivity index (χ1) is 12.3. The minimum atomic E-state index is -0.619. The van der Waals surface area contributed by atoms with Crippen molar-refractivity contribution in [1.82, 2.24) is 0 Å². The third-order valence-corrected chi connectivity index (χ3v) is 4.52. The highest BCUT2D eigenvalue weighted by molar-refractivity contribution is 5.61. The summed E-state index contributed by atoms with van der Waals surface area (Å²) in [6.07, 6.45) is 21.8. The fourth-order valence-corrected chi connectivity index (χ4v) is 2.96. The molecule has 4 nitrogen and oxygen atoms in total. The van der Waals surface area contributed by atoms with Crippen molar-refractivity contribution < 1.29 is 19.0 Å². The zero-order valence-corrected chi connectivity index (χ0v) is 16.2. The van der Waals surface area contributed by atoms with Crippen LogP contribution in [-0.2, 0) is 14.2 Å². The monoisotopic (exact) mass is 354 g/mol. The first kappa shape index (κ1) is 22.0. The fourth-order valence-electron chi connectivity index (χ4n) is 2.96. The summed E-state index contributed by atoms with van der Waals surface area (Å²) >= 11 is 0. The van der Waals surface area contributed by atoms with Crippen LogP contribution in [0.15, 0.2) is 12.2 Å². The van der Waals surface area contributed by atoms with Crippen LogP contribution in [0.5, 0.6) is 0 Å². The summed E-state index contributed by atoms with van der Waals surface area (Å²) in [6, 6.07) is 0. The van der Waals surface area contributed by atoms with Gasteiger partial charge in [0, 0.05) is 0 Å². The highest BCUT2D eigenvalue weighted by Crippen LogP contribution is 2.11. The number of carbonyl (C=O) groups excluding carboxylic acids is 1. The van der Waals surface area contributed by atoms with Gasteiger partial charge in [-0.2, -0.15) is 0 Å². The average molecular weight is 355 g/mol. The third-order valence-electron chi connectivity index (χ3n) is 4.52. The Morgan fingerprint density at radius 1 is 0.880 bits per heavy atom. The van der Waals surface area contributed by atoms with Crippen molar-refractivity contribution >= 4 is 6.16 Å². The van der Waals surface area contributed by atoms with Gasteiger partial charge in [-0.25, -0.2) is 4.79 Å². The zero-order chi connectivity index (χ0) is 18.0. The quantitative estimate of drug-likeness (QED) is 0.169. The van der Waals surface area contributed by atoms with Gasteiger partial charge in [-0.05, 0) is 32.1 Å². The van der Waals surface area contributed by atoms with E-state index in [-0.39, 0.29) is 6.61 Å². The summed E-state index contributed by atoms with van der Waals surface area (Å²) in [6.45, 7) is 3.14. The molecule has 1 rings (SSSR count). The van der Waals surface area contributed by atoms with Crippen LogP contribution in [0.4, 0.5) is 4.79 Å². The van der Waals surface area contributed by atoms with Gasteiger partial charge in [0.25, 0.3) is 0 Å². The molecule has 1 unspecified atom stereocenters. The molecule has 0 aromatic rings. The molecule has 1 heterocycles. The lowest BCUT2D eigenvalue weighted by molar-refractivity contribution is -0.0780. The van der Waals surface area contributed by atoms with Crippen LogP contribution in [0.25, 0.3) is 0 Å². The summed E-state index contributed by atoms with van der Waals surface area (Å²) < 4.78 is 14.9. The fraction of sp³-hybridized carbons (Fsp3) is 0.857. The molecule has 0 aliphatic carbocycles. The van der Waals surface area contributed by atoms with Gasteiger partial charge in [0.1, 0.15) is 0 Å². The van der Waals surface area contributed by atoms with Gasteiger partial charge in [-0.3, -0.25) is 0 Å². The van der Waals surface area contributed by atoms with Crippen molar-refractivity contribution in [3.05, 3.63) is 12.2 Å². The van der Waals surface area contributed by atoms with Crippen molar-refractivity contribution in [3.63, 3.8) is 0 Å². The van der Waals surface area contributed by atoms with Gasteiger partial charge in [0.05, 0.1) is 6.61 Å². The predicted molar refractivity (Wildman–Crippen MR) is 102 cm³/mol. The second-order valence-electron chi connectivity index (χ2n) is 6.92. The average Bonchev–Trinajstić information content (AvgIpc) is 3.03. The normalized spacial score (nSPS) is 17.2. The maximum Gasteiger partial charge on any atom is 0.510 e. The highest BCUT2D eigenvalue weighted by Gasteiger charge is 2.24. The molecule has 1 fully saturated rings. The van der Waals surface area contributed by atoms with E-state index in [1.807, 2.05) is 0 Å². The molecule has 25 heavy (non-hydrogen) atoms. The number of hydrogen-bond acceptors (Lipinski definition) is 4. The van der Waals surface area contributed by atoms with Crippen LogP contribution in [0, 0.1) is 0 Å². The number of allylic oxidation sites excluding steroid dienone is 2. The SMILES string of the molecule is CCCCCCCC/C=C/CCCCCCCCOC1COC(=O)O1. The Kier molecular flexibility index (Phi) is 14.5. The molecule has 1 aliphatic rings. The van der Waals surface area contributed by atoms with E-state index in [4.69, 9.17) is 9.47 Å². The van der Waals surface area contributed by atoms with Gasteiger partial charge >= 0.3 is 6.16 Å². The maximum absolute atomic E-state index is 10.7. The van der Waals surface area contributed by atoms with Crippen LogP contribution in [0.1, 0.15) is 96.8 Å². The molecule has 146 valence electrons. The Labute approximate surface area is 154 Å². The molecule has 0 saturated carbocycles. The van der Waals surface area contributed by atoms with Gasteiger partial charge < -0.3 is 14.2 Å². The summed E-state index contributed by atoms with van der Waals surface area (Å²) in [5.41, 5.74) is 0. The topological polar surface area (TPSA) is 44.8 Å². The van der Waals surface area contributed by atoms with E-state index in [0.29, 0.717) is 6.61 Å². The Morgan fingerprint density at radius 2 is 1.44 bits per heavy atom. The lowest BCUT2D eigenvalue weighted by Crippen LogP contribution is -2.15. The minimum absolute atomic E-state index is 0.227. The first-order valence-electron chi connectivity index (χ1n) is 10.4. The molecule has 1 saturated heterocycles. The number of hydrogen-bond donors (Lipinski definition) is 0. The summed E-state index contributed by atoms with van der Waals surface area (Å²) in [7, 11) is 0. The van der Waals surface area contributed by atoms with Gasteiger partial charge in [0.2, 0.25) is 6.29 Å². The lowest BCUT2D eigenvalue weighted by Gasteiger charge is -2.07. The number of carbonyl (C=O) groups is 1. The Balaban J connectivity index is 1.71.